The molecule has 0 aliphatic heterocycles. The largest absolute Gasteiger partial charge is 0.418 e. The van der Waals surface area contributed by atoms with Crippen LogP contribution in [0.5, 0.6) is 0 Å². The van der Waals surface area contributed by atoms with Gasteiger partial charge in [0.25, 0.3) is 17.3 Å². The van der Waals surface area contributed by atoms with Gasteiger partial charge < -0.3 is 4.42 Å². The molecule has 1 fully saturated rings. The summed E-state index contributed by atoms with van der Waals surface area (Å²) >= 11 is 0. The van der Waals surface area contributed by atoms with Crippen LogP contribution in [-0.4, -0.2) is 29.9 Å². The van der Waals surface area contributed by atoms with E-state index in [4.69, 9.17) is 4.42 Å². The molecule has 206 valence electrons. The average molecular weight is 552 g/mol. The fraction of sp³-hybridized carbons (Fsp3) is 0.360. The van der Waals surface area contributed by atoms with Gasteiger partial charge in [0, 0.05) is 18.0 Å². The van der Waals surface area contributed by atoms with E-state index in [1.165, 1.54) is 24.5 Å². The lowest BCUT2D eigenvalue weighted by Gasteiger charge is -2.22. The van der Waals surface area contributed by atoms with Crippen LogP contribution in [0.3, 0.4) is 0 Å². The number of rotatable bonds is 5. The normalized spacial score (nSPS) is 14.2. The maximum atomic E-state index is 13.4. The van der Waals surface area contributed by atoms with Gasteiger partial charge in [-0.1, -0.05) is 25.3 Å². The van der Waals surface area contributed by atoms with Crippen LogP contribution in [0.2, 0.25) is 0 Å². The van der Waals surface area contributed by atoms with Gasteiger partial charge in [-0.05, 0) is 49.1 Å². The molecular formula is C25H22F6N6O2. The fourth-order valence-electron chi connectivity index (χ4n) is 4.21. The van der Waals surface area contributed by atoms with Crippen LogP contribution in [0.25, 0.3) is 11.6 Å². The van der Waals surface area contributed by atoms with E-state index in [1.807, 2.05) is 0 Å². The quantitative estimate of drug-likeness (QED) is 0.222. The molecule has 0 saturated heterocycles. The van der Waals surface area contributed by atoms with Crippen molar-refractivity contribution in [1.82, 2.24) is 29.9 Å². The van der Waals surface area contributed by atoms with E-state index in [-0.39, 0.29) is 23.2 Å². The maximum Gasteiger partial charge on any atom is 0.418 e. The molecule has 8 nitrogen and oxygen atoms in total. The lowest BCUT2D eigenvalue weighted by Crippen LogP contribution is -2.30. The van der Waals surface area contributed by atoms with E-state index in [2.05, 4.69) is 25.3 Å². The highest BCUT2D eigenvalue weighted by molar-refractivity contribution is 5.47. The zero-order chi connectivity index (χ0) is 28.0. The van der Waals surface area contributed by atoms with Gasteiger partial charge in [0.1, 0.15) is 5.69 Å². The first-order valence-electron chi connectivity index (χ1n) is 11.9. The van der Waals surface area contributed by atoms with Crippen molar-refractivity contribution in [1.29, 1.82) is 0 Å². The molecule has 0 amide bonds. The average Bonchev–Trinajstić information content (AvgIpc) is 3.42. The Bertz CT molecular complexity index is 1430. The molecule has 0 spiro atoms. The van der Waals surface area contributed by atoms with Crippen molar-refractivity contribution >= 4 is 0 Å². The Morgan fingerprint density at radius 2 is 1.74 bits per heavy atom. The maximum absolute atomic E-state index is 13.4. The van der Waals surface area contributed by atoms with Crippen molar-refractivity contribution in [3.8, 4) is 11.6 Å². The third kappa shape index (κ3) is 7.06. The highest BCUT2D eigenvalue weighted by Gasteiger charge is 2.34. The van der Waals surface area contributed by atoms with Crippen molar-refractivity contribution < 1.29 is 30.8 Å². The molecule has 0 N–H and O–H groups in total. The Morgan fingerprint density at radius 3 is 2.33 bits per heavy atom. The summed E-state index contributed by atoms with van der Waals surface area (Å²) in [6.45, 7) is -0.558. The van der Waals surface area contributed by atoms with E-state index in [1.54, 1.807) is 12.1 Å². The molecule has 4 aromatic heterocycles. The highest BCUT2D eigenvalue weighted by Crippen LogP contribution is 2.33. The van der Waals surface area contributed by atoms with Crippen LogP contribution >= 0.6 is 0 Å². The minimum absolute atomic E-state index is 0.0611. The van der Waals surface area contributed by atoms with E-state index in [9.17, 15) is 31.1 Å². The smallest absolute Gasteiger partial charge is 0.413 e. The van der Waals surface area contributed by atoms with Gasteiger partial charge >= 0.3 is 12.6 Å². The standard InChI is InChI=1S/C20H18F5N5O2.C5H4FN/c21-16(22)18-28-27-17(32-18)14-9-12(11-5-2-1-3-6-11)19(31)30(29-14)10-15-13(20(23,24)25)7-4-8-26-15;6-5-3-1-2-4-7-5/h4,7-9,11,16H,1-3,5-6,10H2;1-4H. The number of nitrogens with zero attached hydrogens (tertiary/aromatic N) is 6. The topological polar surface area (TPSA) is 99.6 Å². The monoisotopic (exact) mass is 552 g/mol. The Hall–Kier alpha value is -4.10. The first-order chi connectivity index (χ1) is 18.6. The second-order valence-corrected chi connectivity index (χ2v) is 8.68. The molecule has 1 saturated carbocycles. The molecule has 0 bridgehead atoms. The molecule has 1 aliphatic rings. The van der Waals surface area contributed by atoms with Crippen LogP contribution in [0.1, 0.15) is 67.2 Å². The molecule has 14 heteroatoms. The zero-order valence-electron chi connectivity index (χ0n) is 20.3. The van der Waals surface area contributed by atoms with E-state index >= 15 is 0 Å². The fourth-order valence-corrected chi connectivity index (χ4v) is 4.21. The third-order valence-electron chi connectivity index (χ3n) is 6.02. The molecule has 1 aliphatic carbocycles. The Labute approximate surface area is 217 Å². The second kappa shape index (κ2) is 12.2. The van der Waals surface area contributed by atoms with Gasteiger partial charge in [-0.15, -0.1) is 10.2 Å². The number of pyridine rings is 2. The Morgan fingerprint density at radius 1 is 1.00 bits per heavy atom. The molecule has 0 atom stereocenters. The van der Waals surface area contributed by atoms with Crippen molar-refractivity contribution in [2.45, 2.75) is 57.2 Å². The molecule has 0 radical (unpaired) electrons. The van der Waals surface area contributed by atoms with Crippen LogP contribution in [0.4, 0.5) is 26.3 Å². The third-order valence-corrected chi connectivity index (χ3v) is 6.02. The van der Waals surface area contributed by atoms with Crippen LogP contribution in [0, 0.1) is 5.95 Å². The van der Waals surface area contributed by atoms with Crippen molar-refractivity contribution in [2.75, 3.05) is 0 Å². The van der Waals surface area contributed by atoms with Gasteiger partial charge in [0.15, 0.2) is 0 Å². The number of hydrogen-bond donors (Lipinski definition) is 0. The van der Waals surface area contributed by atoms with Gasteiger partial charge in [0.2, 0.25) is 5.95 Å². The summed E-state index contributed by atoms with van der Waals surface area (Å²) in [5.74, 6) is -1.82. The number of halogens is 6. The summed E-state index contributed by atoms with van der Waals surface area (Å²) in [6, 6.07) is 8.00. The van der Waals surface area contributed by atoms with Crippen molar-refractivity contribution in [3.05, 3.63) is 87.8 Å². The number of alkyl halides is 5. The minimum atomic E-state index is -4.67. The first-order valence-corrected chi connectivity index (χ1v) is 11.9. The predicted molar refractivity (Wildman–Crippen MR) is 125 cm³/mol. The SMILES string of the molecule is Fc1ccccn1.O=c1c(C2CCCCC2)cc(-c2nnc(C(F)F)o2)nn1Cc1ncccc1C(F)(F)F. The minimum Gasteiger partial charge on any atom is -0.413 e. The predicted octanol–water partition coefficient (Wildman–Crippen LogP) is 5.96. The van der Waals surface area contributed by atoms with Crippen LogP contribution < -0.4 is 5.56 Å². The molecule has 4 aromatic rings. The van der Waals surface area contributed by atoms with Gasteiger partial charge in [-0.3, -0.25) is 9.78 Å². The summed E-state index contributed by atoms with van der Waals surface area (Å²) < 4.78 is 83.5. The molecule has 0 aromatic carbocycles. The molecular weight excluding hydrogens is 530 g/mol. The Kier molecular flexibility index (Phi) is 8.72. The number of hydrogen-bond acceptors (Lipinski definition) is 7. The van der Waals surface area contributed by atoms with E-state index < -0.39 is 42.1 Å². The van der Waals surface area contributed by atoms with Crippen LogP contribution in [0.15, 0.2) is 58.0 Å². The summed E-state index contributed by atoms with van der Waals surface area (Å²) in [7, 11) is 0. The van der Waals surface area contributed by atoms with Crippen LogP contribution in [-0.2, 0) is 12.7 Å². The summed E-state index contributed by atoms with van der Waals surface area (Å²) in [5.41, 5.74) is -1.67. The first kappa shape index (κ1) is 27.9. The second-order valence-electron chi connectivity index (χ2n) is 8.68. The van der Waals surface area contributed by atoms with Gasteiger partial charge in [0.05, 0.1) is 17.8 Å². The summed E-state index contributed by atoms with van der Waals surface area (Å²) in [4.78, 5) is 20.2. The number of aromatic nitrogens is 6. The van der Waals surface area contributed by atoms with Crippen molar-refractivity contribution in [3.63, 3.8) is 0 Å². The van der Waals surface area contributed by atoms with E-state index in [0.29, 0.717) is 5.56 Å². The molecule has 0 unspecified atom stereocenters. The zero-order valence-corrected chi connectivity index (χ0v) is 20.3. The van der Waals surface area contributed by atoms with E-state index in [0.717, 1.165) is 48.9 Å². The lowest BCUT2D eigenvalue weighted by molar-refractivity contribution is -0.138. The molecule has 5 rings (SSSR count). The Balaban J connectivity index is 0.000000438. The highest BCUT2D eigenvalue weighted by atomic mass is 19.4. The molecule has 39 heavy (non-hydrogen) atoms. The summed E-state index contributed by atoms with van der Waals surface area (Å²) in [6.07, 6.45) is -0.800. The summed E-state index contributed by atoms with van der Waals surface area (Å²) in [5, 5.41) is 10.9. The van der Waals surface area contributed by atoms with Gasteiger partial charge in [-0.2, -0.15) is 31.4 Å². The van der Waals surface area contributed by atoms with Crippen molar-refractivity contribution in [2.24, 2.45) is 0 Å². The molecule has 4 heterocycles. The van der Waals surface area contributed by atoms with Gasteiger partial charge in [-0.25, -0.2) is 9.67 Å². The lowest BCUT2D eigenvalue weighted by atomic mass is 9.84.